The van der Waals surface area contributed by atoms with Crippen molar-refractivity contribution in [1.82, 2.24) is 0 Å². The molecule has 0 spiro atoms. The highest BCUT2D eigenvalue weighted by molar-refractivity contribution is 6.07. The summed E-state index contributed by atoms with van der Waals surface area (Å²) in [5.74, 6) is 0.628. The number of hydrogen-bond acceptors (Lipinski definition) is 3. The van der Waals surface area contributed by atoms with Gasteiger partial charge in [-0.2, -0.15) is 0 Å². The highest BCUT2D eigenvalue weighted by atomic mass is 16.5. The first-order valence-corrected chi connectivity index (χ1v) is 9.43. The van der Waals surface area contributed by atoms with E-state index in [4.69, 9.17) is 4.74 Å². The van der Waals surface area contributed by atoms with Gasteiger partial charge in [0.25, 0.3) is 11.8 Å². The summed E-state index contributed by atoms with van der Waals surface area (Å²) >= 11 is 0. The molecule has 0 radical (unpaired) electrons. The second-order valence-corrected chi connectivity index (χ2v) is 6.99. The smallest absolute Gasteiger partial charge is 0.255 e. The van der Waals surface area contributed by atoms with Crippen molar-refractivity contribution in [2.24, 2.45) is 0 Å². The van der Waals surface area contributed by atoms with Gasteiger partial charge < -0.3 is 15.4 Å². The third kappa shape index (κ3) is 5.23. The van der Waals surface area contributed by atoms with Gasteiger partial charge in [-0.15, -0.1) is 0 Å². The van der Waals surface area contributed by atoms with E-state index in [-0.39, 0.29) is 11.8 Å². The number of ether oxygens (including phenoxy) is 1. The number of nitrogens with one attached hydrogen (secondary N) is 2. The Bertz CT molecular complexity index is 993. The van der Waals surface area contributed by atoms with Crippen molar-refractivity contribution in [2.75, 3.05) is 17.7 Å². The SMILES string of the molecule is COc1cccc(NC(=O)c2ccc(C(=O)Nc3ccc(C(C)C)cc3)cc2)c1. The van der Waals surface area contributed by atoms with E-state index in [2.05, 4.69) is 24.5 Å². The molecule has 5 nitrogen and oxygen atoms in total. The van der Waals surface area contributed by atoms with Crippen molar-refractivity contribution < 1.29 is 14.3 Å². The van der Waals surface area contributed by atoms with E-state index >= 15 is 0 Å². The first kappa shape index (κ1) is 20.1. The summed E-state index contributed by atoms with van der Waals surface area (Å²) in [5, 5.41) is 5.69. The summed E-state index contributed by atoms with van der Waals surface area (Å²) in [6, 6.07) is 21.5. The standard InChI is InChI=1S/C24H24N2O3/c1-16(2)17-11-13-20(14-12-17)25-23(27)18-7-9-19(10-8-18)24(28)26-21-5-4-6-22(15-21)29-3/h4-16H,1-3H3,(H,25,27)(H,26,28). The summed E-state index contributed by atoms with van der Waals surface area (Å²) in [6.45, 7) is 4.25. The van der Waals surface area contributed by atoms with Crippen molar-refractivity contribution >= 4 is 23.2 Å². The highest BCUT2D eigenvalue weighted by Gasteiger charge is 2.10. The monoisotopic (exact) mass is 388 g/mol. The molecule has 3 aromatic carbocycles. The molecule has 0 heterocycles. The average Bonchev–Trinajstić information content (AvgIpc) is 2.74. The fraction of sp³-hybridized carbons (Fsp3) is 0.167. The third-order valence-corrected chi connectivity index (χ3v) is 4.57. The number of carbonyl (C=O) groups is 2. The largest absolute Gasteiger partial charge is 0.497 e. The van der Waals surface area contributed by atoms with E-state index in [0.29, 0.717) is 28.5 Å². The lowest BCUT2D eigenvalue weighted by molar-refractivity contribution is 0.101. The maximum Gasteiger partial charge on any atom is 0.255 e. The van der Waals surface area contributed by atoms with Crippen molar-refractivity contribution in [2.45, 2.75) is 19.8 Å². The summed E-state index contributed by atoms with van der Waals surface area (Å²) in [4.78, 5) is 24.9. The molecule has 3 aromatic rings. The van der Waals surface area contributed by atoms with Crippen molar-refractivity contribution in [1.29, 1.82) is 0 Å². The molecule has 3 rings (SSSR count). The molecule has 0 aliphatic heterocycles. The molecule has 0 saturated heterocycles. The molecule has 5 heteroatoms. The minimum absolute atomic E-state index is 0.220. The Morgan fingerprint density at radius 2 is 1.31 bits per heavy atom. The lowest BCUT2D eigenvalue weighted by Gasteiger charge is -2.09. The molecule has 0 aromatic heterocycles. The van der Waals surface area contributed by atoms with Gasteiger partial charge in [-0.25, -0.2) is 0 Å². The van der Waals surface area contributed by atoms with Crippen LogP contribution in [0, 0.1) is 0 Å². The van der Waals surface area contributed by atoms with E-state index in [1.54, 1.807) is 55.6 Å². The second-order valence-electron chi connectivity index (χ2n) is 6.99. The van der Waals surface area contributed by atoms with Gasteiger partial charge in [0.15, 0.2) is 0 Å². The second kappa shape index (κ2) is 9.06. The van der Waals surface area contributed by atoms with Crippen LogP contribution in [0.5, 0.6) is 5.75 Å². The zero-order valence-electron chi connectivity index (χ0n) is 16.7. The Balaban J connectivity index is 1.64. The number of benzene rings is 3. The van der Waals surface area contributed by atoms with Crippen LogP contribution in [0.15, 0.2) is 72.8 Å². The molecule has 148 valence electrons. The van der Waals surface area contributed by atoms with Gasteiger partial charge in [0.05, 0.1) is 7.11 Å². The summed E-state index contributed by atoms with van der Waals surface area (Å²) in [6.07, 6.45) is 0. The predicted molar refractivity (Wildman–Crippen MR) is 116 cm³/mol. The minimum Gasteiger partial charge on any atom is -0.497 e. The molecule has 0 aliphatic carbocycles. The maximum atomic E-state index is 12.5. The number of carbonyl (C=O) groups excluding carboxylic acids is 2. The fourth-order valence-electron chi connectivity index (χ4n) is 2.83. The Hall–Kier alpha value is -3.60. The summed E-state index contributed by atoms with van der Waals surface area (Å²) in [7, 11) is 1.57. The van der Waals surface area contributed by atoms with Crippen LogP contribution in [0.4, 0.5) is 11.4 Å². The Kier molecular flexibility index (Phi) is 6.29. The minimum atomic E-state index is -0.255. The highest BCUT2D eigenvalue weighted by Crippen LogP contribution is 2.19. The summed E-state index contributed by atoms with van der Waals surface area (Å²) in [5.41, 5.74) is 3.54. The number of rotatable bonds is 6. The van der Waals surface area contributed by atoms with Crippen LogP contribution in [0.3, 0.4) is 0 Å². The Morgan fingerprint density at radius 3 is 1.83 bits per heavy atom. The van der Waals surface area contributed by atoms with Gasteiger partial charge in [-0.3, -0.25) is 9.59 Å². The molecule has 0 aliphatic rings. The normalized spacial score (nSPS) is 10.5. The van der Waals surface area contributed by atoms with Gasteiger partial charge in [0.1, 0.15) is 5.75 Å². The van der Waals surface area contributed by atoms with E-state index in [0.717, 1.165) is 5.69 Å². The first-order chi connectivity index (χ1) is 14.0. The van der Waals surface area contributed by atoms with Crippen LogP contribution < -0.4 is 15.4 Å². The molecular formula is C24H24N2O3. The molecule has 0 atom stereocenters. The van der Waals surface area contributed by atoms with Crippen LogP contribution in [-0.2, 0) is 0 Å². The maximum absolute atomic E-state index is 12.5. The molecule has 0 saturated carbocycles. The van der Waals surface area contributed by atoms with Crippen molar-refractivity contribution in [3.05, 3.63) is 89.5 Å². The van der Waals surface area contributed by atoms with E-state index in [9.17, 15) is 9.59 Å². The molecule has 29 heavy (non-hydrogen) atoms. The number of hydrogen-bond donors (Lipinski definition) is 2. The van der Waals surface area contributed by atoms with Crippen LogP contribution in [0.25, 0.3) is 0 Å². The number of amides is 2. The zero-order chi connectivity index (χ0) is 20.8. The fourth-order valence-corrected chi connectivity index (χ4v) is 2.83. The van der Waals surface area contributed by atoms with Crippen LogP contribution >= 0.6 is 0 Å². The van der Waals surface area contributed by atoms with E-state index in [1.807, 2.05) is 24.3 Å². The molecule has 2 amide bonds. The van der Waals surface area contributed by atoms with Crippen LogP contribution in [-0.4, -0.2) is 18.9 Å². The summed E-state index contributed by atoms with van der Waals surface area (Å²) < 4.78 is 5.16. The lowest BCUT2D eigenvalue weighted by atomic mass is 10.0. The number of methoxy groups -OCH3 is 1. The van der Waals surface area contributed by atoms with E-state index in [1.165, 1.54) is 5.56 Å². The quantitative estimate of drug-likeness (QED) is 0.600. The molecule has 0 fully saturated rings. The first-order valence-electron chi connectivity index (χ1n) is 9.43. The van der Waals surface area contributed by atoms with Crippen LogP contribution in [0.2, 0.25) is 0 Å². The van der Waals surface area contributed by atoms with Crippen LogP contribution in [0.1, 0.15) is 46.0 Å². The van der Waals surface area contributed by atoms with Gasteiger partial charge >= 0.3 is 0 Å². The molecule has 0 unspecified atom stereocenters. The average molecular weight is 388 g/mol. The molecular weight excluding hydrogens is 364 g/mol. The molecule has 2 N–H and O–H groups in total. The van der Waals surface area contributed by atoms with E-state index < -0.39 is 0 Å². The topological polar surface area (TPSA) is 67.4 Å². The zero-order valence-corrected chi connectivity index (χ0v) is 16.7. The van der Waals surface area contributed by atoms with Gasteiger partial charge in [0.2, 0.25) is 0 Å². The molecule has 0 bridgehead atoms. The third-order valence-electron chi connectivity index (χ3n) is 4.57. The number of anilines is 2. The lowest BCUT2D eigenvalue weighted by Crippen LogP contribution is -2.14. The predicted octanol–water partition coefficient (Wildman–Crippen LogP) is 5.32. The van der Waals surface area contributed by atoms with Gasteiger partial charge in [-0.05, 0) is 60.0 Å². The Morgan fingerprint density at radius 1 is 0.759 bits per heavy atom. The van der Waals surface area contributed by atoms with Crippen molar-refractivity contribution in [3.8, 4) is 5.75 Å². The van der Waals surface area contributed by atoms with Gasteiger partial charge in [-0.1, -0.05) is 32.0 Å². The van der Waals surface area contributed by atoms with Crippen molar-refractivity contribution in [3.63, 3.8) is 0 Å². The van der Waals surface area contributed by atoms with Gasteiger partial charge in [0, 0.05) is 28.6 Å². The Labute approximate surface area is 170 Å².